The zero-order valence-corrected chi connectivity index (χ0v) is 13.0. The highest BCUT2D eigenvalue weighted by Crippen LogP contribution is 2.24. The maximum absolute atomic E-state index is 12.1. The number of hydrogen-bond donors (Lipinski definition) is 1. The molecule has 2 aromatic carbocycles. The molecule has 0 aliphatic heterocycles. The molecule has 1 N–H and O–H groups in total. The van der Waals surface area contributed by atoms with E-state index in [1.807, 2.05) is 6.07 Å². The number of hydrogen-bond acceptors (Lipinski definition) is 3. The van der Waals surface area contributed by atoms with E-state index in [0.717, 1.165) is 5.56 Å². The van der Waals surface area contributed by atoms with E-state index in [9.17, 15) is 8.42 Å². The van der Waals surface area contributed by atoms with Crippen LogP contribution in [0.2, 0.25) is 10.0 Å². The third-order valence-corrected chi connectivity index (χ3v) is 4.89. The molecule has 21 heavy (non-hydrogen) atoms. The van der Waals surface area contributed by atoms with E-state index in [4.69, 9.17) is 28.5 Å². The van der Waals surface area contributed by atoms with Crippen LogP contribution in [0.1, 0.15) is 11.1 Å². The van der Waals surface area contributed by atoms with E-state index in [1.165, 1.54) is 18.2 Å². The summed E-state index contributed by atoms with van der Waals surface area (Å²) in [6.45, 7) is 0.119. The van der Waals surface area contributed by atoms with Gasteiger partial charge in [-0.25, -0.2) is 13.1 Å². The topological polar surface area (TPSA) is 70.0 Å². The highest BCUT2D eigenvalue weighted by atomic mass is 35.5. The Morgan fingerprint density at radius 2 is 1.71 bits per heavy atom. The van der Waals surface area contributed by atoms with E-state index in [1.54, 1.807) is 24.3 Å². The minimum absolute atomic E-state index is 0.0468. The maximum atomic E-state index is 12.1. The number of nitriles is 1. The molecule has 0 aromatic heterocycles. The second-order valence-corrected chi connectivity index (χ2v) is 6.79. The van der Waals surface area contributed by atoms with Gasteiger partial charge >= 0.3 is 0 Å². The Balaban J connectivity index is 2.13. The summed E-state index contributed by atoms with van der Waals surface area (Å²) in [7, 11) is -3.67. The van der Waals surface area contributed by atoms with Crippen molar-refractivity contribution in [2.75, 3.05) is 0 Å². The normalized spacial score (nSPS) is 11.1. The fourth-order valence-corrected chi connectivity index (χ4v) is 3.01. The predicted molar refractivity (Wildman–Crippen MR) is 81.6 cm³/mol. The first kappa shape index (κ1) is 15.8. The third kappa shape index (κ3) is 3.96. The molecule has 0 aliphatic carbocycles. The van der Waals surface area contributed by atoms with Gasteiger partial charge in [0.1, 0.15) is 0 Å². The summed E-state index contributed by atoms with van der Waals surface area (Å²) >= 11 is 11.6. The number of nitrogens with zero attached hydrogens (tertiary/aromatic N) is 1. The van der Waals surface area contributed by atoms with E-state index >= 15 is 0 Å². The van der Waals surface area contributed by atoms with Crippen LogP contribution in [-0.2, 0) is 16.6 Å². The van der Waals surface area contributed by atoms with Crippen molar-refractivity contribution in [3.63, 3.8) is 0 Å². The Hall–Kier alpha value is -1.58. The Morgan fingerprint density at radius 1 is 1.05 bits per heavy atom. The number of benzene rings is 2. The van der Waals surface area contributed by atoms with Gasteiger partial charge in [-0.3, -0.25) is 0 Å². The summed E-state index contributed by atoms with van der Waals surface area (Å²) in [6, 6.07) is 12.7. The quantitative estimate of drug-likeness (QED) is 0.927. The van der Waals surface area contributed by atoms with Crippen LogP contribution in [-0.4, -0.2) is 8.42 Å². The van der Waals surface area contributed by atoms with Gasteiger partial charge in [0.15, 0.2) is 0 Å². The number of sulfonamides is 1. The zero-order chi connectivity index (χ0) is 15.5. The van der Waals surface area contributed by atoms with Crippen molar-refractivity contribution in [1.29, 1.82) is 5.26 Å². The molecule has 2 rings (SSSR count). The minimum Gasteiger partial charge on any atom is -0.207 e. The molecule has 0 fully saturated rings. The van der Waals surface area contributed by atoms with Gasteiger partial charge in [-0.1, -0.05) is 35.3 Å². The van der Waals surface area contributed by atoms with E-state index in [2.05, 4.69) is 4.72 Å². The van der Waals surface area contributed by atoms with Crippen molar-refractivity contribution in [2.24, 2.45) is 0 Å². The van der Waals surface area contributed by atoms with Crippen LogP contribution in [0.3, 0.4) is 0 Å². The van der Waals surface area contributed by atoms with Crippen molar-refractivity contribution >= 4 is 33.2 Å². The Morgan fingerprint density at radius 3 is 2.29 bits per heavy atom. The van der Waals surface area contributed by atoms with Gasteiger partial charge in [0.05, 0.1) is 26.6 Å². The lowest BCUT2D eigenvalue weighted by molar-refractivity contribution is 0.581. The molecule has 0 bridgehead atoms. The van der Waals surface area contributed by atoms with Crippen molar-refractivity contribution in [1.82, 2.24) is 4.72 Å². The molecule has 0 radical (unpaired) electrons. The molecule has 7 heteroatoms. The molecule has 0 heterocycles. The molecule has 0 amide bonds. The van der Waals surface area contributed by atoms with Crippen LogP contribution in [0, 0.1) is 11.3 Å². The Kier molecular flexibility index (Phi) is 4.86. The highest BCUT2D eigenvalue weighted by molar-refractivity contribution is 7.89. The van der Waals surface area contributed by atoms with Crippen LogP contribution < -0.4 is 4.72 Å². The zero-order valence-electron chi connectivity index (χ0n) is 10.7. The van der Waals surface area contributed by atoms with Gasteiger partial charge in [-0.05, 0) is 35.9 Å². The molecule has 0 spiro atoms. The average molecular weight is 341 g/mol. The SMILES string of the molecule is N#Cc1ccc(CNS(=O)(=O)c2ccc(Cl)c(Cl)c2)cc1. The number of halogens is 2. The van der Waals surface area contributed by atoms with Gasteiger partial charge in [0.25, 0.3) is 0 Å². The molecule has 0 aliphatic rings. The summed E-state index contributed by atoms with van der Waals surface area (Å²) in [5.74, 6) is 0. The maximum Gasteiger partial charge on any atom is 0.240 e. The van der Waals surface area contributed by atoms with Gasteiger partial charge in [0.2, 0.25) is 10.0 Å². The van der Waals surface area contributed by atoms with Crippen LogP contribution in [0.25, 0.3) is 0 Å². The predicted octanol–water partition coefficient (Wildman–Crippen LogP) is 3.34. The fourth-order valence-electron chi connectivity index (χ4n) is 1.60. The van der Waals surface area contributed by atoms with Crippen molar-refractivity contribution in [3.05, 3.63) is 63.6 Å². The van der Waals surface area contributed by atoms with Gasteiger partial charge in [0, 0.05) is 6.54 Å². The summed E-state index contributed by atoms with van der Waals surface area (Å²) in [5, 5.41) is 9.17. The minimum atomic E-state index is -3.67. The average Bonchev–Trinajstić information content (AvgIpc) is 2.48. The molecule has 0 saturated heterocycles. The highest BCUT2D eigenvalue weighted by Gasteiger charge is 2.15. The summed E-state index contributed by atoms with van der Waals surface area (Å²) in [5.41, 5.74) is 1.27. The second-order valence-electron chi connectivity index (χ2n) is 4.21. The third-order valence-electron chi connectivity index (χ3n) is 2.75. The van der Waals surface area contributed by atoms with Crippen LogP contribution >= 0.6 is 23.2 Å². The van der Waals surface area contributed by atoms with Gasteiger partial charge in [-0.2, -0.15) is 5.26 Å². The first-order valence-electron chi connectivity index (χ1n) is 5.86. The number of nitrogens with one attached hydrogen (secondary N) is 1. The molecular formula is C14H10Cl2N2O2S. The van der Waals surface area contributed by atoms with Gasteiger partial charge < -0.3 is 0 Å². The lowest BCUT2D eigenvalue weighted by atomic mass is 10.1. The summed E-state index contributed by atoms with van der Waals surface area (Å²) in [4.78, 5) is 0.0468. The molecule has 0 unspecified atom stereocenters. The van der Waals surface area contributed by atoms with Crippen LogP contribution in [0.5, 0.6) is 0 Å². The van der Waals surface area contributed by atoms with E-state index in [0.29, 0.717) is 10.6 Å². The molecule has 4 nitrogen and oxygen atoms in total. The summed E-state index contributed by atoms with van der Waals surface area (Å²) in [6.07, 6.45) is 0. The largest absolute Gasteiger partial charge is 0.240 e. The Bertz CT molecular complexity index is 797. The standard InChI is InChI=1S/C14H10Cl2N2O2S/c15-13-6-5-12(7-14(13)16)21(19,20)18-9-11-3-1-10(8-17)2-4-11/h1-7,18H,9H2. The smallest absolute Gasteiger partial charge is 0.207 e. The van der Waals surface area contributed by atoms with Crippen LogP contribution in [0.4, 0.5) is 0 Å². The lowest BCUT2D eigenvalue weighted by Crippen LogP contribution is -2.23. The van der Waals surface area contributed by atoms with Crippen molar-refractivity contribution in [2.45, 2.75) is 11.4 Å². The first-order chi connectivity index (χ1) is 9.92. The summed E-state index contributed by atoms with van der Waals surface area (Å²) < 4.78 is 26.7. The lowest BCUT2D eigenvalue weighted by Gasteiger charge is -2.08. The second kappa shape index (κ2) is 6.46. The van der Waals surface area contributed by atoms with E-state index < -0.39 is 10.0 Å². The molecule has 2 aromatic rings. The monoisotopic (exact) mass is 340 g/mol. The van der Waals surface area contributed by atoms with Gasteiger partial charge in [-0.15, -0.1) is 0 Å². The number of rotatable bonds is 4. The van der Waals surface area contributed by atoms with Crippen molar-refractivity contribution in [3.8, 4) is 6.07 Å². The molecule has 108 valence electrons. The molecular weight excluding hydrogens is 331 g/mol. The Labute approximate surface area is 133 Å². The van der Waals surface area contributed by atoms with Crippen LogP contribution in [0.15, 0.2) is 47.4 Å². The molecule has 0 saturated carbocycles. The van der Waals surface area contributed by atoms with Crippen molar-refractivity contribution < 1.29 is 8.42 Å². The first-order valence-corrected chi connectivity index (χ1v) is 8.10. The fraction of sp³-hybridized carbons (Fsp3) is 0.0714. The van der Waals surface area contributed by atoms with E-state index in [-0.39, 0.29) is 16.5 Å². The molecule has 0 atom stereocenters.